The Hall–Kier alpha value is -0.880. The maximum atomic E-state index is 12.7. The van der Waals surface area contributed by atoms with Crippen LogP contribution in [0.3, 0.4) is 0 Å². The standard InChI is InChI=1S/C9H9ClF2O3S/c1-15-7-4-2-3-6(5-16(10,13)14)8(7)9(11)12/h2-4,9H,5H2,1H3. The van der Waals surface area contributed by atoms with Crippen LogP contribution in [0, 0.1) is 0 Å². The van der Waals surface area contributed by atoms with E-state index in [0.717, 1.165) is 0 Å². The number of benzene rings is 1. The minimum absolute atomic E-state index is 0.0483. The van der Waals surface area contributed by atoms with Gasteiger partial charge in [0.25, 0.3) is 6.43 Å². The third-order valence-corrected chi connectivity index (χ3v) is 2.91. The van der Waals surface area contributed by atoms with Crippen LogP contribution in [-0.4, -0.2) is 15.5 Å². The van der Waals surface area contributed by atoms with Gasteiger partial charge in [-0.05, 0) is 11.6 Å². The average molecular weight is 271 g/mol. The Labute approximate surface area is 96.4 Å². The molecular weight excluding hydrogens is 262 g/mol. The second-order valence-electron chi connectivity index (χ2n) is 3.02. The Balaban J connectivity index is 3.28. The molecule has 0 saturated carbocycles. The van der Waals surface area contributed by atoms with Gasteiger partial charge in [0.1, 0.15) is 5.75 Å². The maximum absolute atomic E-state index is 12.7. The van der Waals surface area contributed by atoms with Crippen molar-refractivity contribution in [2.24, 2.45) is 0 Å². The summed E-state index contributed by atoms with van der Waals surface area (Å²) in [6.07, 6.45) is -2.82. The van der Waals surface area contributed by atoms with Crippen LogP contribution in [0.4, 0.5) is 8.78 Å². The van der Waals surface area contributed by atoms with Crippen molar-refractivity contribution in [3.63, 3.8) is 0 Å². The fourth-order valence-corrected chi connectivity index (χ4v) is 2.30. The topological polar surface area (TPSA) is 43.4 Å². The number of hydrogen-bond donors (Lipinski definition) is 0. The first-order valence-electron chi connectivity index (χ1n) is 4.21. The van der Waals surface area contributed by atoms with Crippen LogP contribution in [0.5, 0.6) is 5.75 Å². The van der Waals surface area contributed by atoms with E-state index in [0.29, 0.717) is 0 Å². The van der Waals surface area contributed by atoms with Gasteiger partial charge in [-0.15, -0.1) is 0 Å². The van der Waals surface area contributed by atoms with Crippen molar-refractivity contribution in [2.75, 3.05) is 7.11 Å². The summed E-state index contributed by atoms with van der Waals surface area (Å²) in [7, 11) is 2.39. The summed E-state index contributed by atoms with van der Waals surface area (Å²) in [6, 6.07) is 4.05. The Kier molecular flexibility index (Phi) is 4.09. The normalized spacial score (nSPS) is 11.8. The molecule has 0 bridgehead atoms. The monoisotopic (exact) mass is 270 g/mol. The molecule has 0 aliphatic heterocycles. The van der Waals surface area contributed by atoms with Gasteiger partial charge in [0.05, 0.1) is 18.4 Å². The highest BCUT2D eigenvalue weighted by Crippen LogP contribution is 2.33. The van der Waals surface area contributed by atoms with Crippen molar-refractivity contribution in [2.45, 2.75) is 12.2 Å². The lowest BCUT2D eigenvalue weighted by atomic mass is 10.1. The van der Waals surface area contributed by atoms with Gasteiger partial charge in [-0.1, -0.05) is 12.1 Å². The van der Waals surface area contributed by atoms with E-state index in [2.05, 4.69) is 0 Å². The molecule has 1 rings (SSSR count). The van der Waals surface area contributed by atoms with E-state index >= 15 is 0 Å². The second kappa shape index (κ2) is 4.97. The van der Waals surface area contributed by atoms with Crippen LogP contribution >= 0.6 is 10.7 Å². The lowest BCUT2D eigenvalue weighted by Gasteiger charge is -2.11. The van der Waals surface area contributed by atoms with Crippen molar-refractivity contribution < 1.29 is 21.9 Å². The quantitative estimate of drug-likeness (QED) is 0.790. The van der Waals surface area contributed by atoms with Crippen LogP contribution < -0.4 is 4.74 Å². The number of methoxy groups -OCH3 is 1. The molecule has 0 heterocycles. The summed E-state index contributed by atoms with van der Waals surface area (Å²) in [5.41, 5.74) is -0.487. The molecule has 1 aromatic carbocycles. The molecule has 1 aromatic rings. The molecule has 0 amide bonds. The lowest BCUT2D eigenvalue weighted by Crippen LogP contribution is -2.02. The summed E-state index contributed by atoms with van der Waals surface area (Å²) in [5, 5.41) is 0. The van der Waals surface area contributed by atoms with E-state index in [9.17, 15) is 17.2 Å². The van der Waals surface area contributed by atoms with E-state index in [-0.39, 0.29) is 11.3 Å². The van der Waals surface area contributed by atoms with Gasteiger partial charge >= 0.3 is 0 Å². The molecule has 0 aliphatic carbocycles. The van der Waals surface area contributed by atoms with Gasteiger partial charge in [-0.2, -0.15) is 0 Å². The third kappa shape index (κ3) is 3.31. The minimum atomic E-state index is -3.87. The number of hydrogen-bond acceptors (Lipinski definition) is 3. The minimum Gasteiger partial charge on any atom is -0.496 e. The molecule has 0 unspecified atom stereocenters. The van der Waals surface area contributed by atoms with E-state index in [1.165, 1.54) is 25.3 Å². The smallest absolute Gasteiger partial charge is 0.267 e. The molecule has 0 radical (unpaired) electrons. The van der Waals surface area contributed by atoms with E-state index < -0.39 is 26.8 Å². The molecule has 0 aliphatic rings. The Morgan fingerprint density at radius 3 is 2.50 bits per heavy atom. The van der Waals surface area contributed by atoms with Crippen molar-refractivity contribution in [3.8, 4) is 5.75 Å². The van der Waals surface area contributed by atoms with Crippen LogP contribution in [0.15, 0.2) is 18.2 Å². The Morgan fingerprint density at radius 1 is 1.44 bits per heavy atom. The summed E-state index contributed by atoms with van der Waals surface area (Å²) in [4.78, 5) is 0. The molecule has 0 fully saturated rings. The zero-order valence-corrected chi connectivity index (χ0v) is 9.86. The van der Waals surface area contributed by atoms with Crippen molar-refractivity contribution in [1.82, 2.24) is 0 Å². The van der Waals surface area contributed by atoms with Crippen LogP contribution in [0.1, 0.15) is 17.6 Å². The fraction of sp³-hybridized carbons (Fsp3) is 0.333. The van der Waals surface area contributed by atoms with Crippen molar-refractivity contribution in [1.29, 1.82) is 0 Å². The van der Waals surface area contributed by atoms with Gasteiger partial charge in [0.2, 0.25) is 9.05 Å². The predicted molar refractivity (Wildman–Crippen MR) is 56.4 cm³/mol. The zero-order valence-electron chi connectivity index (χ0n) is 8.28. The summed E-state index contributed by atoms with van der Waals surface area (Å²) in [6.45, 7) is 0. The molecule has 0 N–H and O–H groups in total. The molecule has 16 heavy (non-hydrogen) atoms. The molecule has 0 spiro atoms. The molecule has 3 nitrogen and oxygen atoms in total. The first kappa shape index (κ1) is 13.2. The molecule has 0 saturated heterocycles. The van der Waals surface area contributed by atoms with Gasteiger partial charge in [-0.25, -0.2) is 17.2 Å². The summed E-state index contributed by atoms with van der Waals surface area (Å²) >= 11 is 0. The number of halogens is 3. The lowest BCUT2D eigenvalue weighted by molar-refractivity contribution is 0.146. The number of rotatable bonds is 4. The Morgan fingerprint density at radius 2 is 2.06 bits per heavy atom. The largest absolute Gasteiger partial charge is 0.496 e. The molecule has 0 aromatic heterocycles. The molecular formula is C9H9ClF2O3S. The Bertz CT molecular complexity index is 474. The highest BCUT2D eigenvalue weighted by atomic mass is 35.7. The van der Waals surface area contributed by atoms with E-state index in [1.54, 1.807) is 0 Å². The van der Waals surface area contributed by atoms with Gasteiger partial charge in [-0.3, -0.25) is 0 Å². The first-order valence-corrected chi connectivity index (χ1v) is 6.69. The predicted octanol–water partition coefficient (Wildman–Crippen LogP) is 2.70. The maximum Gasteiger partial charge on any atom is 0.267 e. The number of ether oxygens (including phenoxy) is 1. The van der Waals surface area contributed by atoms with Gasteiger partial charge in [0, 0.05) is 10.7 Å². The molecule has 90 valence electrons. The summed E-state index contributed by atoms with van der Waals surface area (Å²) < 4.78 is 51.9. The van der Waals surface area contributed by atoms with E-state index in [4.69, 9.17) is 15.4 Å². The fourth-order valence-electron chi connectivity index (χ4n) is 1.33. The van der Waals surface area contributed by atoms with Crippen molar-refractivity contribution in [3.05, 3.63) is 29.3 Å². The first-order chi connectivity index (χ1) is 7.35. The molecule has 7 heteroatoms. The zero-order chi connectivity index (χ0) is 12.3. The van der Waals surface area contributed by atoms with Gasteiger partial charge < -0.3 is 4.74 Å². The van der Waals surface area contributed by atoms with Crippen LogP contribution in [-0.2, 0) is 14.8 Å². The molecule has 0 atom stereocenters. The second-order valence-corrected chi connectivity index (χ2v) is 5.79. The third-order valence-electron chi connectivity index (χ3n) is 1.92. The van der Waals surface area contributed by atoms with Crippen LogP contribution in [0.25, 0.3) is 0 Å². The average Bonchev–Trinajstić information content (AvgIpc) is 2.14. The van der Waals surface area contributed by atoms with Gasteiger partial charge in [0.15, 0.2) is 0 Å². The number of alkyl halides is 2. The highest BCUT2D eigenvalue weighted by molar-refractivity contribution is 8.13. The highest BCUT2D eigenvalue weighted by Gasteiger charge is 2.21. The SMILES string of the molecule is COc1cccc(CS(=O)(=O)Cl)c1C(F)F. The van der Waals surface area contributed by atoms with E-state index in [1.807, 2.05) is 0 Å². The summed E-state index contributed by atoms with van der Waals surface area (Å²) in [5.74, 6) is -0.696. The van der Waals surface area contributed by atoms with Crippen molar-refractivity contribution >= 4 is 19.7 Å². The van der Waals surface area contributed by atoms with Crippen LogP contribution in [0.2, 0.25) is 0 Å².